The number of ether oxygens (including phenoxy) is 5. The van der Waals surface area contributed by atoms with E-state index < -0.39 is 67.9 Å². The van der Waals surface area contributed by atoms with Crippen molar-refractivity contribution in [3.63, 3.8) is 0 Å². The lowest BCUT2D eigenvalue weighted by Gasteiger charge is -2.37. The molecule has 1 N–H and O–H groups in total. The third kappa shape index (κ3) is 12.4. The van der Waals surface area contributed by atoms with E-state index in [1.165, 1.54) is 28.4 Å². The van der Waals surface area contributed by atoms with E-state index in [0.717, 1.165) is 0 Å². The second-order valence-electron chi connectivity index (χ2n) is 15.5. The highest BCUT2D eigenvalue weighted by Crippen LogP contribution is 2.48. The van der Waals surface area contributed by atoms with Crippen LogP contribution in [-0.2, 0) is 56.1 Å². The molecule has 3 rings (SSSR count). The van der Waals surface area contributed by atoms with E-state index in [4.69, 9.17) is 43.5 Å². The number of methoxy groups -OCH3 is 1. The minimum absolute atomic E-state index is 0.0455. The molecule has 0 radical (unpaired) electrons. The SMILES string of the molecule is [C-]#[N+]C(C#N)=C1c2ccccc2-c2c(C(=O)OCCCOC(=O)C(CC(C)C(=O)OCCO)CC(C)(CC(C)(CC)C(=O)OC)C(=O)OCCC[Si](OC)(OC)OC)cccc21. The topological polar surface area (TPSA) is 208 Å². The molecule has 16 nitrogen and oxygen atoms in total. The van der Waals surface area contributed by atoms with Crippen LogP contribution in [0, 0.1) is 40.6 Å². The quantitative estimate of drug-likeness (QED) is 0.0247. The minimum atomic E-state index is -2.97. The fraction of sp³-hybridized carbons (Fsp3) is 0.533. The highest BCUT2D eigenvalue weighted by molar-refractivity contribution is 6.60. The third-order valence-corrected chi connectivity index (χ3v) is 14.0. The molecule has 0 spiro atoms. The van der Waals surface area contributed by atoms with Crippen molar-refractivity contribution >= 4 is 44.2 Å². The number of fused-ring (bicyclic) bond motifs is 3. The first-order valence-corrected chi connectivity index (χ1v) is 22.3. The van der Waals surface area contributed by atoms with Crippen molar-refractivity contribution in [2.24, 2.45) is 22.7 Å². The average molecular weight is 879 g/mol. The van der Waals surface area contributed by atoms with Crippen molar-refractivity contribution in [2.75, 3.05) is 61.5 Å². The molecule has 1 aliphatic carbocycles. The van der Waals surface area contributed by atoms with Crippen LogP contribution in [0.2, 0.25) is 6.04 Å². The van der Waals surface area contributed by atoms with Gasteiger partial charge in [-0.15, -0.1) is 0 Å². The van der Waals surface area contributed by atoms with Gasteiger partial charge in [0, 0.05) is 44.9 Å². The molecule has 17 heteroatoms. The monoisotopic (exact) mass is 878 g/mol. The zero-order chi connectivity index (χ0) is 46.1. The van der Waals surface area contributed by atoms with Crippen molar-refractivity contribution in [3.05, 3.63) is 76.3 Å². The summed E-state index contributed by atoms with van der Waals surface area (Å²) in [7, 11) is 2.71. The molecular formula is C45H58N2O14Si. The summed E-state index contributed by atoms with van der Waals surface area (Å²) >= 11 is 0. The van der Waals surface area contributed by atoms with E-state index in [9.17, 15) is 34.3 Å². The lowest BCUT2D eigenvalue weighted by Crippen LogP contribution is -2.43. The van der Waals surface area contributed by atoms with Crippen LogP contribution in [0.5, 0.6) is 0 Å². The van der Waals surface area contributed by atoms with Crippen LogP contribution in [0.1, 0.15) is 87.7 Å². The summed E-state index contributed by atoms with van der Waals surface area (Å²) in [5, 5.41) is 18.9. The molecule has 0 fully saturated rings. The Morgan fingerprint density at radius 1 is 0.806 bits per heavy atom. The number of aliphatic hydroxyl groups excluding tert-OH is 1. The smallest absolute Gasteiger partial charge is 0.469 e. The van der Waals surface area contributed by atoms with Gasteiger partial charge < -0.3 is 42.1 Å². The molecule has 0 aliphatic heterocycles. The Morgan fingerprint density at radius 3 is 2.02 bits per heavy atom. The van der Waals surface area contributed by atoms with Crippen LogP contribution in [0.4, 0.5) is 0 Å². The van der Waals surface area contributed by atoms with Crippen LogP contribution >= 0.6 is 0 Å². The zero-order valence-corrected chi connectivity index (χ0v) is 37.8. The van der Waals surface area contributed by atoms with Crippen molar-refractivity contribution in [1.29, 1.82) is 5.26 Å². The number of esters is 5. The van der Waals surface area contributed by atoms with E-state index in [0.29, 0.717) is 46.7 Å². The van der Waals surface area contributed by atoms with Gasteiger partial charge in [-0.05, 0) is 68.7 Å². The molecule has 4 unspecified atom stereocenters. The summed E-state index contributed by atoms with van der Waals surface area (Å²) in [6, 6.07) is 14.5. The van der Waals surface area contributed by atoms with Crippen molar-refractivity contribution in [1.82, 2.24) is 0 Å². The Balaban J connectivity index is 1.82. The largest absolute Gasteiger partial charge is 0.500 e. The van der Waals surface area contributed by atoms with Gasteiger partial charge in [0.15, 0.2) is 0 Å². The fourth-order valence-electron chi connectivity index (χ4n) is 7.75. The van der Waals surface area contributed by atoms with Gasteiger partial charge in [0.1, 0.15) is 6.61 Å². The molecule has 1 aliphatic rings. The Kier molecular flexibility index (Phi) is 19.5. The number of nitrogens with zero attached hydrogens (tertiary/aromatic N) is 2. The lowest BCUT2D eigenvalue weighted by atomic mass is 9.67. The number of aliphatic hydroxyl groups is 1. The third-order valence-electron chi connectivity index (χ3n) is 11.2. The molecule has 2 aromatic carbocycles. The summed E-state index contributed by atoms with van der Waals surface area (Å²) in [6.45, 7) is 13.1. The van der Waals surface area contributed by atoms with Gasteiger partial charge in [0.2, 0.25) is 0 Å². The molecule has 62 heavy (non-hydrogen) atoms. The Labute approximate surface area is 364 Å². The van der Waals surface area contributed by atoms with E-state index in [2.05, 4.69) is 4.85 Å². The van der Waals surface area contributed by atoms with E-state index in [1.54, 1.807) is 70.2 Å². The Bertz CT molecular complexity index is 2010. The van der Waals surface area contributed by atoms with Crippen LogP contribution < -0.4 is 0 Å². The van der Waals surface area contributed by atoms with Gasteiger partial charge >= 0.3 is 38.7 Å². The summed E-state index contributed by atoms with van der Waals surface area (Å²) < 4.78 is 43.7. The van der Waals surface area contributed by atoms with Crippen molar-refractivity contribution in [3.8, 4) is 17.2 Å². The molecule has 0 amide bonds. The highest BCUT2D eigenvalue weighted by atomic mass is 28.4. The number of allylic oxidation sites excluding steroid dienone is 1. The predicted molar refractivity (Wildman–Crippen MR) is 226 cm³/mol. The number of hydrogen-bond donors (Lipinski definition) is 1. The fourth-order valence-corrected chi connectivity index (χ4v) is 9.44. The molecule has 4 atom stereocenters. The first kappa shape index (κ1) is 50.9. The zero-order valence-electron chi connectivity index (χ0n) is 36.8. The van der Waals surface area contributed by atoms with E-state index in [-0.39, 0.29) is 63.4 Å². The first-order valence-electron chi connectivity index (χ1n) is 20.4. The lowest BCUT2D eigenvalue weighted by molar-refractivity contribution is -0.165. The average Bonchev–Trinajstić information content (AvgIpc) is 3.62. The van der Waals surface area contributed by atoms with Gasteiger partial charge in [0.25, 0.3) is 5.70 Å². The van der Waals surface area contributed by atoms with Crippen LogP contribution in [0.15, 0.2) is 48.2 Å². The van der Waals surface area contributed by atoms with Crippen LogP contribution in [-0.4, -0.2) is 105 Å². The predicted octanol–water partition coefficient (Wildman–Crippen LogP) is 6.32. The van der Waals surface area contributed by atoms with E-state index >= 15 is 0 Å². The number of hydrogen-bond acceptors (Lipinski definition) is 15. The number of benzene rings is 2. The molecule has 2 aromatic rings. The van der Waals surface area contributed by atoms with Crippen molar-refractivity contribution in [2.45, 2.75) is 72.3 Å². The number of rotatable bonds is 25. The Morgan fingerprint density at radius 2 is 1.42 bits per heavy atom. The maximum Gasteiger partial charge on any atom is 0.500 e. The number of carbonyl (C=O) groups is 5. The molecule has 0 heterocycles. The summed E-state index contributed by atoms with van der Waals surface area (Å²) in [5.41, 5.74) is 0.398. The molecular weight excluding hydrogens is 821 g/mol. The molecule has 0 saturated carbocycles. The molecule has 0 bridgehead atoms. The maximum atomic E-state index is 14.1. The van der Waals surface area contributed by atoms with Crippen LogP contribution in [0.3, 0.4) is 0 Å². The summed E-state index contributed by atoms with van der Waals surface area (Å²) in [5.74, 6) is -5.24. The van der Waals surface area contributed by atoms with Crippen molar-refractivity contribution < 1.29 is 66.0 Å². The number of carbonyl (C=O) groups excluding carboxylic acids is 5. The molecule has 336 valence electrons. The van der Waals surface area contributed by atoms with Gasteiger partial charge in [0.05, 0.1) is 74.4 Å². The summed E-state index contributed by atoms with van der Waals surface area (Å²) in [6.07, 6.45) is 0.354. The second kappa shape index (κ2) is 23.7. The summed E-state index contributed by atoms with van der Waals surface area (Å²) in [4.78, 5) is 70.9. The van der Waals surface area contributed by atoms with E-state index in [1.807, 2.05) is 6.07 Å². The number of nitriles is 1. The minimum Gasteiger partial charge on any atom is -0.469 e. The normalized spacial score (nSPS) is 15.5. The standard InChI is InChI=1S/C45H58N2O14Si/c1-10-44(3,42(52)54-6)29-45(4,43(53)61-23-15-25-62(55-7,56-8)57-9)27-31(26-30(2)39(49)60-24-20-48)40(50)58-21-14-22-59-41(51)35-19-13-18-34-37(35)32-16-11-12-17-33(32)38(34)36(28-46)47-5/h11-13,16-19,30-31,48H,10,14-15,20-27,29H2,1-4,6-9H3. The first-order chi connectivity index (χ1) is 29.6. The van der Waals surface area contributed by atoms with Crippen LogP contribution in [0.25, 0.3) is 21.5 Å². The van der Waals surface area contributed by atoms with Gasteiger partial charge in [-0.25, -0.2) is 14.9 Å². The van der Waals surface area contributed by atoms with Gasteiger partial charge in [-0.1, -0.05) is 50.2 Å². The Hall–Kier alpha value is -5.43. The van der Waals surface area contributed by atoms with Gasteiger partial charge in [-0.3, -0.25) is 19.2 Å². The van der Waals surface area contributed by atoms with Gasteiger partial charge in [-0.2, -0.15) is 0 Å². The molecule has 0 saturated heterocycles. The second-order valence-corrected chi connectivity index (χ2v) is 18.6. The maximum absolute atomic E-state index is 14.1. The highest BCUT2D eigenvalue weighted by Gasteiger charge is 2.48. The molecule has 0 aromatic heterocycles.